The van der Waals surface area contributed by atoms with Crippen molar-refractivity contribution in [2.45, 2.75) is 19.4 Å². The molecular formula is C16H18BrClN2O. The second-order valence-corrected chi connectivity index (χ2v) is 6.23. The van der Waals surface area contributed by atoms with Crippen LogP contribution in [-0.2, 0) is 6.42 Å². The van der Waals surface area contributed by atoms with Gasteiger partial charge in [0, 0.05) is 9.50 Å². The van der Waals surface area contributed by atoms with Crippen molar-refractivity contribution in [3.63, 3.8) is 0 Å². The number of nitrogens with one attached hydrogen (secondary N) is 1. The quantitative estimate of drug-likeness (QED) is 0.614. The summed E-state index contributed by atoms with van der Waals surface area (Å²) in [5.41, 5.74) is 6.24. The van der Waals surface area contributed by atoms with Gasteiger partial charge in [0.25, 0.3) is 0 Å². The van der Waals surface area contributed by atoms with Gasteiger partial charge >= 0.3 is 0 Å². The molecule has 0 bridgehead atoms. The third kappa shape index (κ3) is 3.98. The van der Waals surface area contributed by atoms with Crippen molar-refractivity contribution >= 4 is 27.5 Å². The summed E-state index contributed by atoms with van der Waals surface area (Å²) in [5.74, 6) is 6.57. The third-order valence-corrected chi connectivity index (χ3v) is 4.21. The van der Waals surface area contributed by atoms with Crippen LogP contribution in [-0.4, -0.2) is 7.11 Å². The van der Waals surface area contributed by atoms with Crippen LogP contribution >= 0.6 is 27.5 Å². The molecule has 2 aromatic carbocycles. The number of rotatable bonds is 5. The van der Waals surface area contributed by atoms with Crippen LogP contribution in [0.2, 0.25) is 5.02 Å². The van der Waals surface area contributed by atoms with Crippen LogP contribution < -0.4 is 16.0 Å². The minimum Gasteiger partial charge on any atom is -0.496 e. The smallest absolute Gasteiger partial charge is 0.122 e. The van der Waals surface area contributed by atoms with Crippen molar-refractivity contribution in [3.8, 4) is 5.75 Å². The monoisotopic (exact) mass is 368 g/mol. The maximum Gasteiger partial charge on any atom is 0.122 e. The van der Waals surface area contributed by atoms with Crippen LogP contribution in [0.5, 0.6) is 5.75 Å². The largest absolute Gasteiger partial charge is 0.496 e. The molecule has 0 aliphatic rings. The summed E-state index contributed by atoms with van der Waals surface area (Å²) >= 11 is 9.59. The molecule has 0 aliphatic carbocycles. The Morgan fingerprint density at radius 3 is 2.71 bits per heavy atom. The number of hydrazine groups is 1. The van der Waals surface area contributed by atoms with Crippen molar-refractivity contribution in [2.24, 2.45) is 5.84 Å². The van der Waals surface area contributed by atoms with Crippen molar-refractivity contribution in [2.75, 3.05) is 7.11 Å². The molecule has 0 spiro atoms. The Bertz CT molecular complexity index is 634. The predicted molar refractivity (Wildman–Crippen MR) is 90.7 cm³/mol. The molecule has 112 valence electrons. The van der Waals surface area contributed by atoms with E-state index >= 15 is 0 Å². The Balaban J connectivity index is 2.35. The Morgan fingerprint density at radius 2 is 2.05 bits per heavy atom. The Morgan fingerprint density at radius 1 is 1.29 bits per heavy atom. The standard InChI is InChI=1S/C16H18BrClN2O/c1-10-3-4-12(17)9-14(10)15(20-19)8-11-7-13(18)5-6-16(11)21-2/h3-7,9,15,20H,8,19H2,1-2H3. The SMILES string of the molecule is COc1ccc(Cl)cc1CC(NN)c1cc(Br)ccc1C. The van der Waals surface area contributed by atoms with Crippen LogP contribution in [0.4, 0.5) is 0 Å². The first-order valence-corrected chi connectivity index (χ1v) is 7.77. The van der Waals surface area contributed by atoms with E-state index in [2.05, 4.69) is 40.4 Å². The molecule has 0 fully saturated rings. The van der Waals surface area contributed by atoms with Crippen LogP contribution in [0.25, 0.3) is 0 Å². The van der Waals surface area contributed by atoms with Gasteiger partial charge in [-0.05, 0) is 60.4 Å². The van der Waals surface area contributed by atoms with E-state index in [0.29, 0.717) is 11.4 Å². The molecule has 0 saturated carbocycles. The van der Waals surface area contributed by atoms with Gasteiger partial charge in [0.2, 0.25) is 0 Å². The Labute approximate surface area is 138 Å². The molecule has 5 heteroatoms. The predicted octanol–water partition coefficient (Wildman–Crippen LogP) is 4.17. The van der Waals surface area contributed by atoms with Gasteiger partial charge in [-0.25, -0.2) is 0 Å². The van der Waals surface area contributed by atoms with Crippen molar-refractivity contribution in [3.05, 3.63) is 62.6 Å². The zero-order valence-corrected chi connectivity index (χ0v) is 14.3. The Hall–Kier alpha value is -1.07. The summed E-state index contributed by atoms with van der Waals surface area (Å²) in [6, 6.07) is 11.8. The normalized spacial score (nSPS) is 12.2. The molecule has 0 amide bonds. The average molecular weight is 370 g/mol. The zero-order chi connectivity index (χ0) is 15.4. The molecule has 0 aliphatic heterocycles. The lowest BCUT2D eigenvalue weighted by Gasteiger charge is -2.20. The highest BCUT2D eigenvalue weighted by Crippen LogP contribution is 2.29. The summed E-state index contributed by atoms with van der Waals surface area (Å²) < 4.78 is 6.43. The number of halogens is 2. The van der Waals surface area contributed by atoms with E-state index < -0.39 is 0 Å². The van der Waals surface area contributed by atoms with Gasteiger partial charge in [-0.15, -0.1) is 0 Å². The number of aryl methyl sites for hydroxylation is 1. The average Bonchev–Trinajstić information content (AvgIpc) is 2.47. The highest BCUT2D eigenvalue weighted by Gasteiger charge is 2.16. The molecule has 3 nitrogen and oxygen atoms in total. The summed E-state index contributed by atoms with van der Waals surface area (Å²) in [7, 11) is 1.65. The van der Waals surface area contributed by atoms with Gasteiger partial charge in [-0.1, -0.05) is 33.6 Å². The number of nitrogens with two attached hydrogens (primary N) is 1. The van der Waals surface area contributed by atoms with Gasteiger partial charge in [0.05, 0.1) is 13.2 Å². The van der Waals surface area contributed by atoms with Crippen LogP contribution in [0.1, 0.15) is 22.7 Å². The van der Waals surface area contributed by atoms with E-state index in [4.69, 9.17) is 22.2 Å². The molecule has 1 unspecified atom stereocenters. The maximum absolute atomic E-state index is 6.09. The van der Waals surface area contributed by atoms with Crippen LogP contribution in [0.15, 0.2) is 40.9 Å². The number of methoxy groups -OCH3 is 1. The van der Waals surface area contributed by atoms with Crippen molar-refractivity contribution in [1.82, 2.24) is 5.43 Å². The zero-order valence-electron chi connectivity index (χ0n) is 12.0. The highest BCUT2D eigenvalue weighted by atomic mass is 79.9. The lowest BCUT2D eigenvalue weighted by atomic mass is 9.95. The highest BCUT2D eigenvalue weighted by molar-refractivity contribution is 9.10. The molecule has 0 heterocycles. The first kappa shape index (κ1) is 16.3. The van der Waals surface area contributed by atoms with E-state index in [9.17, 15) is 0 Å². The molecule has 3 N–H and O–H groups in total. The summed E-state index contributed by atoms with van der Waals surface area (Å²) in [6.07, 6.45) is 0.692. The fourth-order valence-electron chi connectivity index (χ4n) is 2.37. The Kier molecular flexibility index (Phi) is 5.65. The van der Waals surface area contributed by atoms with Gasteiger partial charge in [0.15, 0.2) is 0 Å². The molecule has 0 aromatic heterocycles. The van der Waals surface area contributed by atoms with E-state index in [0.717, 1.165) is 21.3 Å². The maximum atomic E-state index is 6.09. The number of ether oxygens (including phenoxy) is 1. The third-order valence-electron chi connectivity index (χ3n) is 3.48. The van der Waals surface area contributed by atoms with Gasteiger partial charge < -0.3 is 4.74 Å². The first-order valence-electron chi connectivity index (χ1n) is 6.59. The first-order chi connectivity index (χ1) is 10.0. The van der Waals surface area contributed by atoms with Crippen LogP contribution in [0.3, 0.4) is 0 Å². The van der Waals surface area contributed by atoms with Gasteiger partial charge in [-0.3, -0.25) is 11.3 Å². The van der Waals surface area contributed by atoms with Gasteiger partial charge in [-0.2, -0.15) is 0 Å². The molecular weight excluding hydrogens is 352 g/mol. The summed E-state index contributed by atoms with van der Waals surface area (Å²) in [4.78, 5) is 0. The number of hydrogen-bond acceptors (Lipinski definition) is 3. The van der Waals surface area contributed by atoms with E-state index in [-0.39, 0.29) is 6.04 Å². The van der Waals surface area contributed by atoms with Crippen LogP contribution in [0, 0.1) is 6.92 Å². The molecule has 0 saturated heterocycles. The van der Waals surface area contributed by atoms with Crippen molar-refractivity contribution in [1.29, 1.82) is 0 Å². The second kappa shape index (κ2) is 7.27. The van der Waals surface area contributed by atoms with Gasteiger partial charge in [0.1, 0.15) is 5.75 Å². The minimum atomic E-state index is -0.0186. The molecule has 21 heavy (non-hydrogen) atoms. The molecule has 1 atom stereocenters. The lowest BCUT2D eigenvalue weighted by Crippen LogP contribution is -2.30. The second-order valence-electron chi connectivity index (χ2n) is 4.88. The fraction of sp³-hybridized carbons (Fsp3) is 0.250. The molecule has 2 aromatic rings. The lowest BCUT2D eigenvalue weighted by molar-refractivity contribution is 0.405. The fourth-order valence-corrected chi connectivity index (χ4v) is 2.95. The minimum absolute atomic E-state index is 0.0186. The topological polar surface area (TPSA) is 47.3 Å². The van der Waals surface area contributed by atoms with E-state index in [1.165, 1.54) is 5.56 Å². The molecule has 0 radical (unpaired) electrons. The number of hydrogen-bond donors (Lipinski definition) is 2. The summed E-state index contributed by atoms with van der Waals surface area (Å²) in [6.45, 7) is 2.07. The van der Waals surface area contributed by atoms with E-state index in [1.807, 2.05) is 24.3 Å². The summed E-state index contributed by atoms with van der Waals surface area (Å²) in [5, 5.41) is 0.688. The number of benzene rings is 2. The van der Waals surface area contributed by atoms with Crippen molar-refractivity contribution < 1.29 is 4.74 Å². The molecule has 2 rings (SSSR count). The van der Waals surface area contributed by atoms with E-state index in [1.54, 1.807) is 7.11 Å².